The van der Waals surface area contributed by atoms with E-state index in [0.29, 0.717) is 16.7 Å². The molecule has 0 saturated heterocycles. The molecule has 0 fully saturated rings. The third-order valence-electron chi connectivity index (χ3n) is 3.15. The van der Waals surface area contributed by atoms with E-state index in [4.69, 9.17) is 4.52 Å². The third-order valence-corrected chi connectivity index (χ3v) is 3.15. The van der Waals surface area contributed by atoms with Gasteiger partial charge in [0.25, 0.3) is 5.56 Å². The van der Waals surface area contributed by atoms with Gasteiger partial charge in [0.15, 0.2) is 5.58 Å². The van der Waals surface area contributed by atoms with Crippen LogP contribution >= 0.6 is 0 Å². The standard InChI is InChI=1S/C14H12N2O2/c1-9-8-11-12(14(17)16(9)2)13(15-18-11)10-6-4-3-5-7-10/h3-8H,1-2H3. The second-order valence-electron chi connectivity index (χ2n) is 4.29. The van der Waals surface area contributed by atoms with E-state index in [1.807, 2.05) is 43.3 Å². The highest BCUT2D eigenvalue weighted by atomic mass is 16.5. The molecule has 0 bridgehead atoms. The summed E-state index contributed by atoms with van der Waals surface area (Å²) in [6.07, 6.45) is 0. The SMILES string of the molecule is Cc1cc2onc(-c3ccccc3)c2c(=O)n1C. The number of rotatable bonds is 1. The van der Waals surface area contributed by atoms with Gasteiger partial charge in [0.05, 0.1) is 0 Å². The molecule has 0 unspecified atom stereocenters. The van der Waals surface area contributed by atoms with E-state index >= 15 is 0 Å². The fourth-order valence-electron chi connectivity index (χ4n) is 2.02. The van der Waals surface area contributed by atoms with Gasteiger partial charge in [0.1, 0.15) is 11.1 Å². The van der Waals surface area contributed by atoms with Crippen LogP contribution in [0.1, 0.15) is 5.69 Å². The Morgan fingerprint density at radius 2 is 1.94 bits per heavy atom. The highest BCUT2D eigenvalue weighted by Gasteiger charge is 2.15. The minimum absolute atomic E-state index is 0.0786. The summed E-state index contributed by atoms with van der Waals surface area (Å²) in [5, 5.41) is 4.56. The van der Waals surface area contributed by atoms with Crippen molar-refractivity contribution in [3.63, 3.8) is 0 Å². The zero-order valence-electron chi connectivity index (χ0n) is 10.2. The van der Waals surface area contributed by atoms with E-state index in [0.717, 1.165) is 11.3 Å². The van der Waals surface area contributed by atoms with E-state index in [9.17, 15) is 4.79 Å². The van der Waals surface area contributed by atoms with Crippen LogP contribution in [0.2, 0.25) is 0 Å². The fourth-order valence-corrected chi connectivity index (χ4v) is 2.02. The predicted octanol–water partition coefficient (Wildman–Crippen LogP) is 2.50. The third kappa shape index (κ3) is 1.46. The molecule has 2 heterocycles. The molecule has 0 aliphatic rings. The van der Waals surface area contributed by atoms with Gasteiger partial charge in [-0.05, 0) is 6.92 Å². The number of pyridine rings is 1. The molecule has 18 heavy (non-hydrogen) atoms. The molecule has 4 heteroatoms. The fraction of sp³-hybridized carbons (Fsp3) is 0.143. The first-order valence-corrected chi connectivity index (χ1v) is 5.70. The molecule has 0 radical (unpaired) electrons. The van der Waals surface area contributed by atoms with Gasteiger partial charge in [0, 0.05) is 24.4 Å². The van der Waals surface area contributed by atoms with Crippen molar-refractivity contribution in [2.45, 2.75) is 6.92 Å². The summed E-state index contributed by atoms with van der Waals surface area (Å²) in [5.74, 6) is 0. The van der Waals surface area contributed by atoms with E-state index < -0.39 is 0 Å². The maximum absolute atomic E-state index is 12.3. The summed E-state index contributed by atoms with van der Waals surface area (Å²) in [4.78, 5) is 12.3. The molecule has 0 spiro atoms. The monoisotopic (exact) mass is 240 g/mol. The first kappa shape index (κ1) is 10.8. The van der Waals surface area contributed by atoms with Gasteiger partial charge in [-0.25, -0.2) is 0 Å². The molecule has 0 amide bonds. The molecular formula is C14H12N2O2. The zero-order chi connectivity index (χ0) is 12.7. The number of fused-ring (bicyclic) bond motifs is 1. The van der Waals surface area contributed by atoms with Crippen LogP contribution in [-0.2, 0) is 7.05 Å². The Hall–Kier alpha value is -2.36. The molecule has 0 atom stereocenters. The van der Waals surface area contributed by atoms with Crippen LogP contribution in [0.5, 0.6) is 0 Å². The Morgan fingerprint density at radius 1 is 1.22 bits per heavy atom. The molecule has 0 saturated carbocycles. The summed E-state index contributed by atoms with van der Waals surface area (Å²) < 4.78 is 6.86. The smallest absolute Gasteiger partial charge is 0.264 e. The normalized spacial score (nSPS) is 11.0. The van der Waals surface area contributed by atoms with Crippen molar-refractivity contribution in [2.24, 2.45) is 7.05 Å². The van der Waals surface area contributed by atoms with Crippen molar-refractivity contribution in [1.29, 1.82) is 0 Å². The summed E-state index contributed by atoms with van der Waals surface area (Å²) in [6, 6.07) is 11.4. The lowest BCUT2D eigenvalue weighted by Crippen LogP contribution is -2.18. The molecule has 0 N–H and O–H groups in total. The first-order valence-electron chi connectivity index (χ1n) is 5.70. The second kappa shape index (κ2) is 3.84. The van der Waals surface area contributed by atoms with E-state index in [-0.39, 0.29) is 5.56 Å². The molecule has 0 aliphatic heterocycles. The highest BCUT2D eigenvalue weighted by molar-refractivity contribution is 5.90. The summed E-state index contributed by atoms with van der Waals surface area (Å²) in [5.41, 5.74) is 2.80. The molecule has 90 valence electrons. The van der Waals surface area contributed by atoms with Crippen LogP contribution in [0, 0.1) is 6.92 Å². The van der Waals surface area contributed by atoms with Gasteiger partial charge in [-0.1, -0.05) is 35.5 Å². The van der Waals surface area contributed by atoms with Crippen molar-refractivity contribution in [3.05, 3.63) is 52.4 Å². The lowest BCUT2D eigenvalue weighted by Gasteiger charge is -2.02. The predicted molar refractivity (Wildman–Crippen MR) is 69.4 cm³/mol. The van der Waals surface area contributed by atoms with Crippen molar-refractivity contribution < 1.29 is 4.52 Å². The van der Waals surface area contributed by atoms with Gasteiger partial charge in [-0.15, -0.1) is 0 Å². The Balaban J connectivity index is 2.40. The molecule has 2 aromatic heterocycles. The largest absolute Gasteiger partial charge is 0.355 e. The van der Waals surface area contributed by atoms with E-state index in [1.165, 1.54) is 0 Å². The summed E-state index contributed by atoms with van der Waals surface area (Å²) >= 11 is 0. The molecule has 3 aromatic rings. The second-order valence-corrected chi connectivity index (χ2v) is 4.29. The number of aromatic nitrogens is 2. The summed E-state index contributed by atoms with van der Waals surface area (Å²) in [7, 11) is 1.75. The average molecular weight is 240 g/mol. The number of hydrogen-bond acceptors (Lipinski definition) is 3. The average Bonchev–Trinajstić information content (AvgIpc) is 2.81. The van der Waals surface area contributed by atoms with Gasteiger partial charge >= 0.3 is 0 Å². The van der Waals surface area contributed by atoms with Crippen LogP contribution in [0.15, 0.2) is 45.7 Å². The van der Waals surface area contributed by atoms with Crippen molar-refractivity contribution in [3.8, 4) is 11.3 Å². The quantitative estimate of drug-likeness (QED) is 0.656. The topological polar surface area (TPSA) is 48.0 Å². The molecule has 3 rings (SSSR count). The Bertz CT molecular complexity index is 770. The van der Waals surface area contributed by atoms with Crippen LogP contribution in [0.25, 0.3) is 22.2 Å². The van der Waals surface area contributed by atoms with Crippen LogP contribution < -0.4 is 5.56 Å². The van der Waals surface area contributed by atoms with Crippen molar-refractivity contribution >= 4 is 11.0 Å². The number of benzene rings is 1. The lowest BCUT2D eigenvalue weighted by molar-refractivity contribution is 0.459. The zero-order valence-corrected chi connectivity index (χ0v) is 10.2. The van der Waals surface area contributed by atoms with Gasteiger partial charge in [-0.2, -0.15) is 0 Å². The van der Waals surface area contributed by atoms with Crippen LogP contribution in [-0.4, -0.2) is 9.72 Å². The van der Waals surface area contributed by atoms with Crippen LogP contribution in [0.3, 0.4) is 0 Å². The molecule has 0 aliphatic carbocycles. The minimum Gasteiger partial charge on any atom is -0.355 e. The van der Waals surface area contributed by atoms with Crippen molar-refractivity contribution in [1.82, 2.24) is 9.72 Å². The maximum Gasteiger partial charge on any atom is 0.264 e. The first-order chi connectivity index (χ1) is 8.68. The van der Waals surface area contributed by atoms with Gasteiger partial charge in [0.2, 0.25) is 0 Å². The Labute approximate surface area is 103 Å². The minimum atomic E-state index is -0.0786. The highest BCUT2D eigenvalue weighted by Crippen LogP contribution is 2.25. The van der Waals surface area contributed by atoms with E-state index in [2.05, 4.69) is 5.16 Å². The Morgan fingerprint density at radius 3 is 2.67 bits per heavy atom. The lowest BCUT2D eigenvalue weighted by atomic mass is 10.1. The molecule has 4 nitrogen and oxygen atoms in total. The summed E-state index contributed by atoms with van der Waals surface area (Å²) in [6.45, 7) is 1.87. The number of aryl methyl sites for hydroxylation is 1. The van der Waals surface area contributed by atoms with Gasteiger partial charge < -0.3 is 9.09 Å². The van der Waals surface area contributed by atoms with Gasteiger partial charge in [-0.3, -0.25) is 4.79 Å². The Kier molecular flexibility index (Phi) is 2.30. The number of hydrogen-bond donors (Lipinski definition) is 0. The maximum atomic E-state index is 12.3. The molecular weight excluding hydrogens is 228 g/mol. The van der Waals surface area contributed by atoms with Crippen molar-refractivity contribution in [2.75, 3.05) is 0 Å². The van der Waals surface area contributed by atoms with Crippen LogP contribution in [0.4, 0.5) is 0 Å². The van der Waals surface area contributed by atoms with E-state index in [1.54, 1.807) is 11.6 Å². The molecule has 1 aromatic carbocycles. The number of nitrogens with zero attached hydrogens (tertiary/aromatic N) is 2.